The molecular formula is C10H15FN2O3S2. The predicted octanol–water partition coefficient (Wildman–Crippen LogP) is 0.455. The van der Waals surface area contributed by atoms with E-state index < -0.39 is 26.6 Å². The second kappa shape index (κ2) is 6.26. The lowest BCUT2D eigenvalue weighted by molar-refractivity contribution is 0.583. The maximum absolute atomic E-state index is 12.8. The van der Waals surface area contributed by atoms with Gasteiger partial charge in [0.1, 0.15) is 10.7 Å². The van der Waals surface area contributed by atoms with E-state index in [1.165, 1.54) is 0 Å². The summed E-state index contributed by atoms with van der Waals surface area (Å²) in [5.41, 5.74) is 5.29. The molecule has 0 fully saturated rings. The normalized spacial score (nSPS) is 13.4. The standard InChI is InChI=1S/C10H15FN2O3S2/c1-2-17(14)6-5-13-18(15,16)10-4-3-8(11)7-9(10)12/h3-4,7,13H,2,5-6,12H2,1H3. The number of nitrogen functional groups attached to an aromatic ring is 1. The fourth-order valence-electron chi connectivity index (χ4n) is 1.28. The maximum Gasteiger partial charge on any atom is 0.242 e. The van der Waals surface area contributed by atoms with Gasteiger partial charge in [-0.25, -0.2) is 17.5 Å². The minimum atomic E-state index is -3.79. The van der Waals surface area contributed by atoms with Gasteiger partial charge in [-0.15, -0.1) is 0 Å². The summed E-state index contributed by atoms with van der Waals surface area (Å²) >= 11 is 0. The summed E-state index contributed by atoms with van der Waals surface area (Å²) in [5.74, 6) is 0.107. The molecule has 0 aromatic heterocycles. The van der Waals surface area contributed by atoms with Crippen molar-refractivity contribution in [3.05, 3.63) is 24.0 Å². The Kier molecular flexibility index (Phi) is 5.24. The van der Waals surface area contributed by atoms with Crippen molar-refractivity contribution in [3.63, 3.8) is 0 Å². The molecule has 0 amide bonds. The Morgan fingerprint density at radius 2 is 2.11 bits per heavy atom. The van der Waals surface area contributed by atoms with E-state index in [9.17, 15) is 17.0 Å². The van der Waals surface area contributed by atoms with Gasteiger partial charge in [0.05, 0.1) is 5.69 Å². The number of halogens is 1. The monoisotopic (exact) mass is 294 g/mol. The van der Waals surface area contributed by atoms with Crippen LogP contribution in [0.2, 0.25) is 0 Å². The van der Waals surface area contributed by atoms with Crippen LogP contribution in [0.1, 0.15) is 6.92 Å². The number of hydrogen-bond donors (Lipinski definition) is 2. The zero-order valence-electron chi connectivity index (χ0n) is 9.85. The first-order chi connectivity index (χ1) is 8.36. The summed E-state index contributed by atoms with van der Waals surface area (Å²) in [5, 5.41) is 0. The van der Waals surface area contributed by atoms with Crippen molar-refractivity contribution in [2.24, 2.45) is 0 Å². The molecule has 1 aromatic carbocycles. The molecule has 0 aliphatic rings. The Morgan fingerprint density at radius 1 is 1.44 bits per heavy atom. The summed E-state index contributed by atoms with van der Waals surface area (Å²) in [6.45, 7) is 1.81. The van der Waals surface area contributed by atoms with Gasteiger partial charge in [-0.3, -0.25) is 4.21 Å². The second-order valence-electron chi connectivity index (χ2n) is 3.51. The van der Waals surface area contributed by atoms with Crippen LogP contribution in [-0.4, -0.2) is 30.7 Å². The molecular weight excluding hydrogens is 279 g/mol. The Labute approximate surface area is 108 Å². The SMILES string of the molecule is CCS(=O)CCNS(=O)(=O)c1ccc(F)cc1N. The Balaban J connectivity index is 2.77. The number of sulfonamides is 1. The Morgan fingerprint density at radius 3 is 2.67 bits per heavy atom. The molecule has 1 rings (SSSR count). The van der Waals surface area contributed by atoms with E-state index >= 15 is 0 Å². The van der Waals surface area contributed by atoms with E-state index in [2.05, 4.69) is 4.72 Å². The second-order valence-corrected chi connectivity index (χ2v) is 7.11. The van der Waals surface area contributed by atoms with Crippen LogP contribution >= 0.6 is 0 Å². The molecule has 1 unspecified atom stereocenters. The molecule has 0 saturated carbocycles. The molecule has 102 valence electrons. The quantitative estimate of drug-likeness (QED) is 0.746. The van der Waals surface area contributed by atoms with Crippen molar-refractivity contribution in [1.29, 1.82) is 0 Å². The van der Waals surface area contributed by atoms with Gasteiger partial charge in [0.25, 0.3) is 0 Å². The summed E-state index contributed by atoms with van der Waals surface area (Å²) < 4.78 is 49.9. The highest BCUT2D eigenvalue weighted by atomic mass is 32.2. The minimum absolute atomic E-state index is 0.0552. The van der Waals surface area contributed by atoms with Crippen molar-refractivity contribution in [1.82, 2.24) is 4.72 Å². The third-order valence-electron chi connectivity index (χ3n) is 2.21. The highest BCUT2D eigenvalue weighted by molar-refractivity contribution is 7.89. The first-order valence-corrected chi connectivity index (χ1v) is 8.23. The highest BCUT2D eigenvalue weighted by Crippen LogP contribution is 2.18. The zero-order valence-corrected chi connectivity index (χ0v) is 11.5. The van der Waals surface area contributed by atoms with Gasteiger partial charge in [0, 0.05) is 28.9 Å². The molecule has 0 aliphatic carbocycles. The van der Waals surface area contributed by atoms with Crippen molar-refractivity contribution in [3.8, 4) is 0 Å². The first kappa shape index (κ1) is 15.1. The fourth-order valence-corrected chi connectivity index (χ4v) is 3.17. The van der Waals surface area contributed by atoms with Gasteiger partial charge < -0.3 is 5.73 Å². The van der Waals surface area contributed by atoms with Gasteiger partial charge in [0.2, 0.25) is 10.0 Å². The molecule has 0 saturated heterocycles. The van der Waals surface area contributed by atoms with E-state index in [4.69, 9.17) is 5.73 Å². The van der Waals surface area contributed by atoms with E-state index in [0.29, 0.717) is 5.75 Å². The topological polar surface area (TPSA) is 89.3 Å². The lowest BCUT2D eigenvalue weighted by Gasteiger charge is -2.08. The number of benzene rings is 1. The van der Waals surface area contributed by atoms with E-state index in [1.807, 2.05) is 0 Å². The molecule has 1 aromatic rings. The van der Waals surface area contributed by atoms with Crippen molar-refractivity contribution in [2.45, 2.75) is 11.8 Å². The minimum Gasteiger partial charge on any atom is -0.398 e. The molecule has 1 atom stereocenters. The fraction of sp³-hybridized carbons (Fsp3) is 0.400. The number of nitrogens with one attached hydrogen (secondary N) is 1. The average molecular weight is 294 g/mol. The molecule has 0 spiro atoms. The molecule has 0 aliphatic heterocycles. The molecule has 8 heteroatoms. The summed E-state index contributed by atoms with van der Waals surface area (Å²) in [7, 11) is -4.83. The van der Waals surface area contributed by atoms with Crippen molar-refractivity contribution >= 4 is 26.5 Å². The van der Waals surface area contributed by atoms with Gasteiger partial charge in [-0.05, 0) is 18.2 Å². The van der Waals surface area contributed by atoms with Crippen molar-refractivity contribution < 1.29 is 17.0 Å². The van der Waals surface area contributed by atoms with Gasteiger partial charge in [0.15, 0.2) is 0 Å². The average Bonchev–Trinajstić information content (AvgIpc) is 2.27. The number of anilines is 1. The summed E-state index contributed by atoms with van der Waals surface area (Å²) in [4.78, 5) is -0.175. The van der Waals surface area contributed by atoms with Crippen LogP contribution in [0.15, 0.2) is 23.1 Å². The molecule has 18 heavy (non-hydrogen) atoms. The Hall–Kier alpha value is -0.990. The van der Waals surface area contributed by atoms with Gasteiger partial charge in [-0.1, -0.05) is 6.92 Å². The van der Waals surface area contributed by atoms with E-state index in [1.54, 1.807) is 6.92 Å². The number of hydrogen-bond acceptors (Lipinski definition) is 4. The smallest absolute Gasteiger partial charge is 0.242 e. The van der Waals surface area contributed by atoms with E-state index in [0.717, 1.165) is 18.2 Å². The van der Waals surface area contributed by atoms with Crippen LogP contribution in [0.25, 0.3) is 0 Å². The molecule has 0 heterocycles. The predicted molar refractivity (Wildman–Crippen MR) is 69.6 cm³/mol. The number of rotatable bonds is 6. The van der Waals surface area contributed by atoms with Gasteiger partial charge in [-0.2, -0.15) is 0 Å². The van der Waals surface area contributed by atoms with Crippen LogP contribution < -0.4 is 10.5 Å². The molecule has 5 nitrogen and oxygen atoms in total. The van der Waals surface area contributed by atoms with Crippen LogP contribution in [0, 0.1) is 5.82 Å². The van der Waals surface area contributed by atoms with Crippen LogP contribution in [0.4, 0.5) is 10.1 Å². The van der Waals surface area contributed by atoms with Crippen molar-refractivity contribution in [2.75, 3.05) is 23.8 Å². The maximum atomic E-state index is 12.8. The highest BCUT2D eigenvalue weighted by Gasteiger charge is 2.17. The van der Waals surface area contributed by atoms with E-state index in [-0.39, 0.29) is 22.9 Å². The Bertz CT molecular complexity index is 546. The lowest BCUT2D eigenvalue weighted by atomic mass is 10.3. The zero-order chi connectivity index (χ0) is 13.8. The summed E-state index contributed by atoms with van der Waals surface area (Å²) in [6.07, 6.45) is 0. The lowest BCUT2D eigenvalue weighted by Crippen LogP contribution is -2.28. The largest absolute Gasteiger partial charge is 0.398 e. The molecule has 3 N–H and O–H groups in total. The third-order valence-corrected chi connectivity index (χ3v) is 5.04. The number of nitrogens with two attached hydrogens (primary N) is 1. The summed E-state index contributed by atoms with van der Waals surface area (Å²) in [6, 6.07) is 3.07. The molecule has 0 bridgehead atoms. The van der Waals surface area contributed by atoms with Crippen LogP contribution in [0.5, 0.6) is 0 Å². The first-order valence-electron chi connectivity index (χ1n) is 5.26. The molecule has 0 radical (unpaired) electrons. The van der Waals surface area contributed by atoms with Crippen LogP contribution in [0.3, 0.4) is 0 Å². The van der Waals surface area contributed by atoms with Crippen LogP contribution in [-0.2, 0) is 20.8 Å². The van der Waals surface area contributed by atoms with Gasteiger partial charge >= 0.3 is 0 Å². The third kappa shape index (κ3) is 4.04.